The Morgan fingerprint density at radius 3 is 2.67 bits per heavy atom. The first-order valence-electron chi connectivity index (χ1n) is 9.63. The molecule has 0 fully saturated rings. The first kappa shape index (κ1) is 17.1. The minimum Gasteiger partial charge on any atom is -0.236 e. The van der Waals surface area contributed by atoms with Crippen LogP contribution in [-0.2, 0) is 19.3 Å². The molecule has 0 spiro atoms. The van der Waals surface area contributed by atoms with E-state index in [1.807, 2.05) is 0 Å². The fourth-order valence-electron chi connectivity index (χ4n) is 3.71. The highest BCUT2D eigenvalue weighted by molar-refractivity contribution is 5.55. The molecule has 0 saturated carbocycles. The Labute approximate surface area is 146 Å². The SMILES string of the molecule is CCCC1CCc2nc(-c3ccc(CC(C)CC)cc3)ncc2C1. The van der Waals surface area contributed by atoms with E-state index in [0.717, 1.165) is 42.5 Å². The van der Waals surface area contributed by atoms with Crippen molar-refractivity contribution in [3.63, 3.8) is 0 Å². The molecule has 2 unspecified atom stereocenters. The van der Waals surface area contributed by atoms with Gasteiger partial charge in [0.25, 0.3) is 0 Å². The number of aryl methyl sites for hydroxylation is 1. The third-order valence-corrected chi connectivity index (χ3v) is 5.44. The number of hydrogen-bond acceptors (Lipinski definition) is 2. The third kappa shape index (κ3) is 4.03. The molecule has 0 N–H and O–H groups in total. The summed E-state index contributed by atoms with van der Waals surface area (Å²) in [6.07, 6.45) is 10.6. The van der Waals surface area contributed by atoms with Gasteiger partial charge >= 0.3 is 0 Å². The average molecular weight is 322 g/mol. The molecular formula is C22H30N2. The van der Waals surface area contributed by atoms with Crippen LogP contribution in [0.25, 0.3) is 11.4 Å². The zero-order chi connectivity index (χ0) is 16.9. The van der Waals surface area contributed by atoms with Crippen LogP contribution < -0.4 is 0 Å². The molecule has 0 aliphatic heterocycles. The molecule has 0 bridgehead atoms. The number of hydrogen-bond donors (Lipinski definition) is 0. The lowest BCUT2D eigenvalue weighted by molar-refractivity contribution is 0.417. The molecular weight excluding hydrogens is 292 g/mol. The van der Waals surface area contributed by atoms with Crippen molar-refractivity contribution in [1.82, 2.24) is 9.97 Å². The van der Waals surface area contributed by atoms with Gasteiger partial charge in [0.15, 0.2) is 5.82 Å². The topological polar surface area (TPSA) is 25.8 Å². The highest BCUT2D eigenvalue weighted by atomic mass is 14.9. The first-order valence-corrected chi connectivity index (χ1v) is 9.63. The Hall–Kier alpha value is -1.70. The summed E-state index contributed by atoms with van der Waals surface area (Å²) in [6.45, 7) is 6.84. The molecule has 2 heteroatoms. The molecule has 128 valence electrons. The third-order valence-electron chi connectivity index (χ3n) is 5.44. The van der Waals surface area contributed by atoms with Crippen molar-refractivity contribution in [2.24, 2.45) is 11.8 Å². The summed E-state index contributed by atoms with van der Waals surface area (Å²) >= 11 is 0. The van der Waals surface area contributed by atoms with Gasteiger partial charge in [-0.1, -0.05) is 64.3 Å². The second kappa shape index (κ2) is 7.92. The normalized spacial score (nSPS) is 18.2. The lowest BCUT2D eigenvalue weighted by Crippen LogP contribution is -2.16. The number of nitrogens with zero attached hydrogens (tertiary/aromatic N) is 2. The summed E-state index contributed by atoms with van der Waals surface area (Å²) in [7, 11) is 0. The van der Waals surface area contributed by atoms with E-state index < -0.39 is 0 Å². The fourth-order valence-corrected chi connectivity index (χ4v) is 3.71. The van der Waals surface area contributed by atoms with Crippen molar-refractivity contribution in [1.29, 1.82) is 0 Å². The molecule has 0 amide bonds. The molecule has 1 heterocycles. The van der Waals surface area contributed by atoms with Gasteiger partial charge in [0, 0.05) is 17.5 Å². The maximum atomic E-state index is 4.87. The van der Waals surface area contributed by atoms with E-state index in [2.05, 4.69) is 56.2 Å². The van der Waals surface area contributed by atoms with E-state index >= 15 is 0 Å². The summed E-state index contributed by atoms with van der Waals surface area (Å²) in [5, 5.41) is 0. The van der Waals surface area contributed by atoms with Crippen molar-refractivity contribution < 1.29 is 0 Å². The van der Waals surface area contributed by atoms with Crippen molar-refractivity contribution in [3.8, 4) is 11.4 Å². The predicted molar refractivity (Wildman–Crippen MR) is 101 cm³/mol. The summed E-state index contributed by atoms with van der Waals surface area (Å²) in [5.41, 5.74) is 5.20. The van der Waals surface area contributed by atoms with E-state index in [1.165, 1.54) is 42.5 Å². The summed E-state index contributed by atoms with van der Waals surface area (Å²) < 4.78 is 0. The van der Waals surface area contributed by atoms with Crippen LogP contribution in [0.3, 0.4) is 0 Å². The van der Waals surface area contributed by atoms with Crippen LogP contribution in [0.1, 0.15) is 63.3 Å². The van der Waals surface area contributed by atoms with Gasteiger partial charge in [0.1, 0.15) is 0 Å². The monoisotopic (exact) mass is 322 g/mol. The number of aromatic nitrogens is 2. The maximum Gasteiger partial charge on any atom is 0.159 e. The molecule has 3 rings (SSSR count). The maximum absolute atomic E-state index is 4.87. The minimum absolute atomic E-state index is 0.743. The zero-order valence-electron chi connectivity index (χ0n) is 15.4. The van der Waals surface area contributed by atoms with Crippen molar-refractivity contribution in [3.05, 3.63) is 47.3 Å². The van der Waals surface area contributed by atoms with Gasteiger partial charge in [-0.3, -0.25) is 0 Å². The molecule has 1 aromatic carbocycles. The fraction of sp³-hybridized carbons (Fsp3) is 0.545. The Kier molecular flexibility index (Phi) is 5.65. The van der Waals surface area contributed by atoms with Crippen LogP contribution in [0.15, 0.2) is 30.5 Å². The number of rotatable bonds is 6. The predicted octanol–water partition coefficient (Wildman–Crippen LogP) is 5.64. The minimum atomic E-state index is 0.743. The Balaban J connectivity index is 1.74. The van der Waals surface area contributed by atoms with Crippen LogP contribution in [0, 0.1) is 11.8 Å². The Morgan fingerprint density at radius 2 is 1.96 bits per heavy atom. The molecule has 2 atom stereocenters. The Bertz CT molecular complexity index is 660. The number of fused-ring (bicyclic) bond motifs is 1. The van der Waals surface area contributed by atoms with Gasteiger partial charge in [-0.15, -0.1) is 0 Å². The van der Waals surface area contributed by atoms with Gasteiger partial charge < -0.3 is 0 Å². The highest BCUT2D eigenvalue weighted by Crippen LogP contribution is 2.28. The van der Waals surface area contributed by atoms with E-state index in [9.17, 15) is 0 Å². The van der Waals surface area contributed by atoms with Crippen molar-refractivity contribution in [2.75, 3.05) is 0 Å². The van der Waals surface area contributed by atoms with Crippen LogP contribution >= 0.6 is 0 Å². The zero-order valence-corrected chi connectivity index (χ0v) is 15.4. The second-order valence-corrected chi connectivity index (χ2v) is 7.48. The van der Waals surface area contributed by atoms with Gasteiger partial charge in [0.05, 0.1) is 0 Å². The molecule has 1 aliphatic rings. The Morgan fingerprint density at radius 1 is 1.17 bits per heavy atom. The average Bonchev–Trinajstić information content (AvgIpc) is 2.62. The van der Waals surface area contributed by atoms with Gasteiger partial charge in [-0.2, -0.15) is 0 Å². The lowest BCUT2D eigenvalue weighted by Gasteiger charge is -2.23. The molecule has 1 aliphatic carbocycles. The van der Waals surface area contributed by atoms with E-state index in [1.54, 1.807) is 0 Å². The van der Waals surface area contributed by atoms with E-state index in [-0.39, 0.29) is 0 Å². The van der Waals surface area contributed by atoms with Crippen molar-refractivity contribution >= 4 is 0 Å². The summed E-state index contributed by atoms with van der Waals surface area (Å²) in [6, 6.07) is 8.84. The quantitative estimate of drug-likeness (QED) is 0.688. The summed E-state index contributed by atoms with van der Waals surface area (Å²) in [4.78, 5) is 9.53. The molecule has 2 aromatic rings. The van der Waals surface area contributed by atoms with Gasteiger partial charge in [-0.05, 0) is 48.6 Å². The molecule has 0 radical (unpaired) electrons. The smallest absolute Gasteiger partial charge is 0.159 e. The number of benzene rings is 1. The van der Waals surface area contributed by atoms with E-state index in [0.29, 0.717) is 0 Å². The van der Waals surface area contributed by atoms with Gasteiger partial charge in [-0.25, -0.2) is 9.97 Å². The van der Waals surface area contributed by atoms with E-state index in [4.69, 9.17) is 4.98 Å². The largest absolute Gasteiger partial charge is 0.236 e. The molecule has 2 nitrogen and oxygen atoms in total. The van der Waals surface area contributed by atoms with Gasteiger partial charge in [0.2, 0.25) is 0 Å². The summed E-state index contributed by atoms with van der Waals surface area (Å²) in [5.74, 6) is 2.46. The van der Waals surface area contributed by atoms with Crippen LogP contribution in [0.4, 0.5) is 0 Å². The molecule has 0 saturated heterocycles. The molecule has 24 heavy (non-hydrogen) atoms. The standard InChI is InChI=1S/C22H30N2/c1-4-6-17-9-12-21-20(14-17)15-23-22(24-21)19-10-7-18(8-11-19)13-16(3)5-2/h7-8,10-11,15-17H,4-6,9,12-14H2,1-3H3. The first-order chi connectivity index (χ1) is 11.7. The van der Waals surface area contributed by atoms with Crippen molar-refractivity contribution in [2.45, 2.75) is 65.7 Å². The van der Waals surface area contributed by atoms with Crippen LogP contribution in [0.5, 0.6) is 0 Å². The van der Waals surface area contributed by atoms with Crippen LogP contribution in [-0.4, -0.2) is 9.97 Å². The molecule has 1 aromatic heterocycles. The van der Waals surface area contributed by atoms with Crippen LogP contribution in [0.2, 0.25) is 0 Å². The second-order valence-electron chi connectivity index (χ2n) is 7.48. The highest BCUT2D eigenvalue weighted by Gasteiger charge is 2.20. The lowest BCUT2D eigenvalue weighted by atomic mass is 9.84.